The molecule has 212 valence electrons. The molecule has 39 heavy (non-hydrogen) atoms. The van der Waals surface area contributed by atoms with Crippen LogP contribution in [0.25, 0.3) is 0 Å². The number of carboxylic acid groups (broad SMARTS) is 1. The molecule has 2 rings (SSSR count). The van der Waals surface area contributed by atoms with Crippen molar-refractivity contribution in [2.75, 3.05) is 14.2 Å². The molecule has 3 atom stereocenters. The van der Waals surface area contributed by atoms with Crippen LogP contribution in [-0.2, 0) is 32.1 Å². The number of amides is 3. The predicted molar refractivity (Wildman–Crippen MR) is 143 cm³/mol. The number of nitrogens with zero attached hydrogens (tertiary/aromatic N) is 1. The molecular weight excluding hydrogens is 506 g/mol. The van der Waals surface area contributed by atoms with Crippen LogP contribution < -0.4 is 15.4 Å². The molecule has 3 amide bonds. The summed E-state index contributed by atoms with van der Waals surface area (Å²) < 4.78 is 15.7. The first-order valence-electron chi connectivity index (χ1n) is 12.4. The first-order valence-corrected chi connectivity index (χ1v) is 12.4. The van der Waals surface area contributed by atoms with Gasteiger partial charge in [-0.1, -0.05) is 42.5 Å². The molecule has 0 fully saturated rings. The zero-order chi connectivity index (χ0) is 29.2. The molecule has 0 radical (unpaired) electrons. The monoisotopic (exact) mass is 543 g/mol. The number of nitrogens with one attached hydrogen (secondary N) is 2. The number of carbonyl (C=O) groups is 4. The lowest BCUT2D eigenvalue weighted by molar-refractivity contribution is -0.140. The summed E-state index contributed by atoms with van der Waals surface area (Å²) in [4.78, 5) is 51.6. The SMILES string of the molecule is COc1ccc(C[C@@H](C(=O)N[C@H](C)[C@H](NC(=O)OC(C)(C)C)C(=O)O)N(C)C(=O)OCc2ccccc2)cc1. The van der Waals surface area contributed by atoms with Crippen LogP contribution in [0.1, 0.15) is 38.8 Å². The summed E-state index contributed by atoms with van der Waals surface area (Å²) in [6.45, 7) is 6.38. The standard InChI is InChI=1S/C28H37N3O8/c1-18(23(25(33)34)30-26(35)39-28(2,3)4)29-24(32)22(16-19-12-14-21(37-6)15-13-19)31(5)27(36)38-17-20-10-8-7-9-11-20/h7-15,18,22-23H,16-17H2,1-6H3,(H,29,32)(H,30,35)(H,33,34)/t18-,22+,23+/m1/s1. The van der Waals surface area contributed by atoms with Crippen molar-refractivity contribution < 1.29 is 38.5 Å². The van der Waals surface area contributed by atoms with Gasteiger partial charge in [-0.15, -0.1) is 0 Å². The molecule has 0 aliphatic carbocycles. The minimum atomic E-state index is -1.49. The van der Waals surface area contributed by atoms with Gasteiger partial charge in [0, 0.05) is 13.5 Å². The number of hydrogen-bond acceptors (Lipinski definition) is 7. The third kappa shape index (κ3) is 10.2. The Bertz CT molecular complexity index is 1120. The van der Waals surface area contributed by atoms with Gasteiger partial charge in [0.05, 0.1) is 13.2 Å². The van der Waals surface area contributed by atoms with E-state index >= 15 is 0 Å². The Balaban J connectivity index is 2.20. The molecule has 0 aromatic heterocycles. The van der Waals surface area contributed by atoms with Gasteiger partial charge in [0.25, 0.3) is 0 Å². The summed E-state index contributed by atoms with van der Waals surface area (Å²) >= 11 is 0. The minimum absolute atomic E-state index is 0.0121. The van der Waals surface area contributed by atoms with E-state index < -0.39 is 47.8 Å². The Morgan fingerprint density at radius 1 is 0.949 bits per heavy atom. The van der Waals surface area contributed by atoms with E-state index in [-0.39, 0.29) is 13.0 Å². The van der Waals surface area contributed by atoms with Crippen LogP contribution in [0.2, 0.25) is 0 Å². The van der Waals surface area contributed by atoms with Crippen molar-refractivity contribution in [2.45, 2.75) is 64.4 Å². The highest BCUT2D eigenvalue weighted by Gasteiger charge is 2.34. The normalized spacial score (nSPS) is 13.3. The average molecular weight is 544 g/mol. The van der Waals surface area contributed by atoms with Gasteiger partial charge in [-0.05, 0) is 51.0 Å². The second-order valence-corrected chi connectivity index (χ2v) is 9.98. The van der Waals surface area contributed by atoms with Gasteiger partial charge in [-0.2, -0.15) is 0 Å². The van der Waals surface area contributed by atoms with Gasteiger partial charge in [-0.25, -0.2) is 14.4 Å². The van der Waals surface area contributed by atoms with Crippen LogP contribution in [-0.4, -0.2) is 72.0 Å². The van der Waals surface area contributed by atoms with E-state index in [2.05, 4.69) is 10.6 Å². The van der Waals surface area contributed by atoms with Crippen LogP contribution in [0.5, 0.6) is 5.75 Å². The molecular formula is C28H37N3O8. The summed E-state index contributed by atoms with van der Waals surface area (Å²) in [6.07, 6.45) is -1.56. The largest absolute Gasteiger partial charge is 0.497 e. The van der Waals surface area contributed by atoms with Crippen LogP contribution in [0.4, 0.5) is 9.59 Å². The lowest BCUT2D eigenvalue weighted by Crippen LogP contribution is -2.58. The Labute approximate surface area is 228 Å². The van der Waals surface area contributed by atoms with Gasteiger partial charge in [0.2, 0.25) is 5.91 Å². The second kappa shape index (κ2) is 14.0. The summed E-state index contributed by atoms with van der Waals surface area (Å²) in [5.41, 5.74) is 0.667. The van der Waals surface area contributed by atoms with Crippen molar-refractivity contribution >= 4 is 24.1 Å². The van der Waals surface area contributed by atoms with E-state index in [4.69, 9.17) is 14.2 Å². The fourth-order valence-electron chi connectivity index (χ4n) is 3.58. The Morgan fingerprint density at radius 2 is 1.56 bits per heavy atom. The van der Waals surface area contributed by atoms with Crippen LogP contribution in [0.3, 0.4) is 0 Å². The fourth-order valence-corrected chi connectivity index (χ4v) is 3.58. The average Bonchev–Trinajstić information content (AvgIpc) is 2.88. The number of likely N-dealkylation sites (N-methyl/N-ethyl adjacent to an activating group) is 1. The van der Waals surface area contributed by atoms with Gasteiger partial charge >= 0.3 is 18.2 Å². The quantitative estimate of drug-likeness (QED) is 0.392. The van der Waals surface area contributed by atoms with Crippen LogP contribution in [0.15, 0.2) is 54.6 Å². The number of carbonyl (C=O) groups excluding carboxylic acids is 3. The number of aliphatic carboxylic acids is 1. The summed E-state index contributed by atoms with van der Waals surface area (Å²) in [5, 5.41) is 14.6. The van der Waals surface area contributed by atoms with Crippen molar-refractivity contribution in [3.05, 3.63) is 65.7 Å². The minimum Gasteiger partial charge on any atom is -0.497 e. The molecule has 2 aromatic rings. The molecule has 0 spiro atoms. The van der Waals surface area contributed by atoms with E-state index in [1.54, 1.807) is 57.2 Å². The van der Waals surface area contributed by atoms with Crippen LogP contribution >= 0.6 is 0 Å². The van der Waals surface area contributed by atoms with Crippen molar-refractivity contribution in [3.8, 4) is 5.75 Å². The van der Waals surface area contributed by atoms with Crippen molar-refractivity contribution in [1.29, 1.82) is 0 Å². The Morgan fingerprint density at radius 3 is 2.10 bits per heavy atom. The lowest BCUT2D eigenvalue weighted by atomic mass is 10.0. The summed E-state index contributed by atoms with van der Waals surface area (Å²) in [5.74, 6) is -1.37. The molecule has 11 nitrogen and oxygen atoms in total. The van der Waals surface area contributed by atoms with E-state index in [0.717, 1.165) is 16.0 Å². The zero-order valence-electron chi connectivity index (χ0n) is 23.1. The predicted octanol–water partition coefficient (Wildman–Crippen LogP) is 3.36. The Hall–Kier alpha value is -4.28. The summed E-state index contributed by atoms with van der Waals surface area (Å²) in [6, 6.07) is 12.5. The molecule has 0 saturated heterocycles. The fraction of sp³-hybridized carbons (Fsp3) is 0.429. The topological polar surface area (TPSA) is 144 Å². The Kier molecular flexibility index (Phi) is 11.1. The molecule has 11 heteroatoms. The number of ether oxygens (including phenoxy) is 3. The van der Waals surface area contributed by atoms with Crippen molar-refractivity contribution in [1.82, 2.24) is 15.5 Å². The highest BCUT2D eigenvalue weighted by Crippen LogP contribution is 2.16. The zero-order valence-corrected chi connectivity index (χ0v) is 23.1. The molecule has 0 aliphatic heterocycles. The molecule has 0 heterocycles. The van der Waals surface area contributed by atoms with Gasteiger partial charge in [-0.3, -0.25) is 9.69 Å². The maximum absolute atomic E-state index is 13.4. The molecule has 0 unspecified atom stereocenters. The van der Waals surface area contributed by atoms with Crippen molar-refractivity contribution in [3.63, 3.8) is 0 Å². The van der Waals surface area contributed by atoms with E-state index in [9.17, 15) is 24.3 Å². The first-order chi connectivity index (χ1) is 18.3. The number of methoxy groups -OCH3 is 1. The second-order valence-electron chi connectivity index (χ2n) is 9.98. The number of carboxylic acids is 1. The number of alkyl carbamates (subject to hydrolysis) is 1. The lowest BCUT2D eigenvalue weighted by Gasteiger charge is -2.30. The molecule has 2 aromatic carbocycles. The summed E-state index contributed by atoms with van der Waals surface area (Å²) in [7, 11) is 2.97. The van der Waals surface area contributed by atoms with Gasteiger partial charge in [0.15, 0.2) is 0 Å². The van der Waals surface area contributed by atoms with Gasteiger partial charge in [0.1, 0.15) is 30.0 Å². The maximum atomic E-state index is 13.4. The smallest absolute Gasteiger partial charge is 0.410 e. The van der Waals surface area contributed by atoms with E-state index in [1.807, 2.05) is 18.2 Å². The van der Waals surface area contributed by atoms with Gasteiger partial charge < -0.3 is 30.0 Å². The third-order valence-electron chi connectivity index (χ3n) is 5.66. The highest BCUT2D eigenvalue weighted by atomic mass is 16.6. The molecule has 0 saturated carbocycles. The number of rotatable bonds is 11. The van der Waals surface area contributed by atoms with Crippen molar-refractivity contribution in [2.24, 2.45) is 0 Å². The molecule has 0 bridgehead atoms. The number of benzene rings is 2. The maximum Gasteiger partial charge on any atom is 0.410 e. The number of hydrogen-bond donors (Lipinski definition) is 3. The molecule has 3 N–H and O–H groups in total. The molecule has 0 aliphatic rings. The van der Waals surface area contributed by atoms with E-state index in [1.165, 1.54) is 21.1 Å². The third-order valence-corrected chi connectivity index (χ3v) is 5.66. The first kappa shape index (κ1) is 30.9. The van der Waals surface area contributed by atoms with Crippen LogP contribution in [0, 0.1) is 0 Å². The van der Waals surface area contributed by atoms with E-state index in [0.29, 0.717) is 5.75 Å². The highest BCUT2D eigenvalue weighted by molar-refractivity contribution is 5.87.